The Bertz CT molecular complexity index is 125. The largest absolute Gasteiger partial charge is 0.229 e. The molecule has 0 saturated heterocycles. The molecule has 10 heavy (non-hydrogen) atoms. The SMILES string of the molecule is CC(=NS)C1CCCCC1. The third-order valence-corrected chi connectivity index (χ3v) is 2.67. The van der Waals surface area contributed by atoms with Crippen molar-refractivity contribution in [2.45, 2.75) is 39.0 Å². The highest BCUT2D eigenvalue weighted by molar-refractivity contribution is 7.79. The van der Waals surface area contributed by atoms with E-state index in [0.717, 1.165) is 5.92 Å². The van der Waals surface area contributed by atoms with Crippen molar-refractivity contribution in [3.8, 4) is 0 Å². The molecular formula is C8H15NS. The maximum absolute atomic E-state index is 3.92. The van der Waals surface area contributed by atoms with Gasteiger partial charge in [-0.1, -0.05) is 19.3 Å². The van der Waals surface area contributed by atoms with Gasteiger partial charge in [-0.25, -0.2) is 4.40 Å². The summed E-state index contributed by atoms with van der Waals surface area (Å²) >= 11 is 3.91. The van der Waals surface area contributed by atoms with E-state index in [-0.39, 0.29) is 0 Å². The Morgan fingerprint density at radius 3 is 2.40 bits per heavy atom. The second-order valence-corrected chi connectivity index (χ2v) is 3.28. The maximum Gasteiger partial charge on any atom is 0.0259 e. The Labute approximate surface area is 68.5 Å². The topological polar surface area (TPSA) is 12.4 Å². The highest BCUT2D eigenvalue weighted by Gasteiger charge is 2.15. The third kappa shape index (κ3) is 2.01. The van der Waals surface area contributed by atoms with Crippen LogP contribution in [0.2, 0.25) is 0 Å². The van der Waals surface area contributed by atoms with Crippen molar-refractivity contribution in [3.05, 3.63) is 0 Å². The average molecular weight is 157 g/mol. The first kappa shape index (κ1) is 8.12. The Kier molecular flexibility index (Phi) is 3.26. The summed E-state index contributed by atoms with van der Waals surface area (Å²) in [5.74, 6) is 0.742. The van der Waals surface area contributed by atoms with Crippen LogP contribution in [0.1, 0.15) is 39.0 Å². The maximum atomic E-state index is 3.92. The van der Waals surface area contributed by atoms with Crippen molar-refractivity contribution in [2.75, 3.05) is 0 Å². The molecule has 1 nitrogen and oxygen atoms in total. The molecule has 58 valence electrons. The first-order valence-corrected chi connectivity index (χ1v) is 4.43. The van der Waals surface area contributed by atoms with Gasteiger partial charge in [-0.05, 0) is 38.5 Å². The zero-order valence-electron chi connectivity index (χ0n) is 6.51. The fourth-order valence-electron chi connectivity index (χ4n) is 1.60. The monoisotopic (exact) mass is 157 g/mol. The van der Waals surface area contributed by atoms with E-state index in [2.05, 4.69) is 24.1 Å². The summed E-state index contributed by atoms with van der Waals surface area (Å²) in [6.45, 7) is 2.09. The summed E-state index contributed by atoms with van der Waals surface area (Å²) in [6, 6.07) is 0. The van der Waals surface area contributed by atoms with E-state index in [1.54, 1.807) is 0 Å². The predicted octanol–water partition coefficient (Wildman–Crippen LogP) is 2.87. The van der Waals surface area contributed by atoms with Crippen LogP contribution in [0.25, 0.3) is 0 Å². The first-order valence-electron chi connectivity index (χ1n) is 4.03. The smallest absolute Gasteiger partial charge is 0.0259 e. The van der Waals surface area contributed by atoms with Crippen LogP contribution in [0, 0.1) is 5.92 Å². The molecule has 0 atom stereocenters. The average Bonchev–Trinajstić information content (AvgIpc) is 2.05. The zero-order chi connectivity index (χ0) is 7.40. The van der Waals surface area contributed by atoms with Crippen LogP contribution in [0.3, 0.4) is 0 Å². The molecule has 0 unspecified atom stereocenters. The van der Waals surface area contributed by atoms with Crippen LogP contribution >= 0.6 is 12.8 Å². The molecule has 0 spiro atoms. The first-order chi connectivity index (χ1) is 4.84. The predicted molar refractivity (Wildman–Crippen MR) is 48.7 cm³/mol. The van der Waals surface area contributed by atoms with Gasteiger partial charge in [-0.3, -0.25) is 0 Å². The van der Waals surface area contributed by atoms with Gasteiger partial charge in [-0.2, -0.15) is 0 Å². The van der Waals surface area contributed by atoms with Crippen LogP contribution in [0.15, 0.2) is 4.40 Å². The van der Waals surface area contributed by atoms with Crippen LogP contribution in [-0.4, -0.2) is 5.71 Å². The fraction of sp³-hybridized carbons (Fsp3) is 0.875. The van der Waals surface area contributed by atoms with Gasteiger partial charge in [0.25, 0.3) is 0 Å². The second-order valence-electron chi connectivity index (χ2n) is 3.08. The summed E-state index contributed by atoms with van der Waals surface area (Å²) < 4.78 is 3.92. The van der Waals surface area contributed by atoms with Gasteiger partial charge in [0.15, 0.2) is 0 Å². The van der Waals surface area contributed by atoms with Crippen molar-refractivity contribution in [3.63, 3.8) is 0 Å². The van der Waals surface area contributed by atoms with E-state index in [1.165, 1.54) is 37.8 Å². The van der Waals surface area contributed by atoms with Crippen molar-refractivity contribution in [1.82, 2.24) is 0 Å². The molecule has 0 radical (unpaired) electrons. The number of hydrogen-bond donors (Lipinski definition) is 1. The molecule has 0 aliphatic heterocycles. The molecule has 1 fully saturated rings. The summed E-state index contributed by atoms with van der Waals surface area (Å²) in [7, 11) is 0. The molecule has 0 aromatic heterocycles. The van der Waals surface area contributed by atoms with Crippen molar-refractivity contribution < 1.29 is 0 Å². The minimum Gasteiger partial charge on any atom is -0.229 e. The summed E-state index contributed by atoms with van der Waals surface area (Å²) in [4.78, 5) is 0. The van der Waals surface area contributed by atoms with Gasteiger partial charge >= 0.3 is 0 Å². The molecule has 1 saturated carbocycles. The highest BCUT2D eigenvalue weighted by atomic mass is 32.1. The lowest BCUT2D eigenvalue weighted by Gasteiger charge is -2.20. The van der Waals surface area contributed by atoms with Gasteiger partial charge in [0.2, 0.25) is 0 Å². The Morgan fingerprint density at radius 2 is 1.90 bits per heavy atom. The molecule has 0 N–H and O–H groups in total. The number of thiol groups is 1. The molecule has 1 aliphatic rings. The molecular weight excluding hydrogens is 142 g/mol. The van der Waals surface area contributed by atoms with E-state index < -0.39 is 0 Å². The summed E-state index contributed by atoms with van der Waals surface area (Å²) in [5.41, 5.74) is 1.23. The third-order valence-electron chi connectivity index (χ3n) is 2.35. The second kappa shape index (κ2) is 4.02. The summed E-state index contributed by atoms with van der Waals surface area (Å²) in [6.07, 6.45) is 6.83. The minimum absolute atomic E-state index is 0.742. The molecule has 0 aromatic carbocycles. The van der Waals surface area contributed by atoms with E-state index in [0.29, 0.717) is 0 Å². The van der Waals surface area contributed by atoms with Crippen molar-refractivity contribution >= 4 is 18.5 Å². The van der Waals surface area contributed by atoms with E-state index in [9.17, 15) is 0 Å². The Balaban J connectivity index is 2.39. The molecule has 0 bridgehead atoms. The lowest BCUT2D eigenvalue weighted by atomic mass is 9.86. The molecule has 0 amide bonds. The van der Waals surface area contributed by atoms with Crippen LogP contribution in [0.5, 0.6) is 0 Å². The quantitative estimate of drug-likeness (QED) is 0.444. The van der Waals surface area contributed by atoms with Crippen LogP contribution in [0.4, 0.5) is 0 Å². The lowest BCUT2D eigenvalue weighted by molar-refractivity contribution is 0.439. The number of hydrogen-bond acceptors (Lipinski definition) is 2. The van der Waals surface area contributed by atoms with E-state index in [4.69, 9.17) is 0 Å². The van der Waals surface area contributed by atoms with Crippen molar-refractivity contribution in [2.24, 2.45) is 10.3 Å². The zero-order valence-corrected chi connectivity index (χ0v) is 7.40. The normalized spacial score (nSPS) is 23.2. The van der Waals surface area contributed by atoms with Gasteiger partial charge in [-0.15, -0.1) is 0 Å². The minimum atomic E-state index is 0.742. The van der Waals surface area contributed by atoms with E-state index >= 15 is 0 Å². The van der Waals surface area contributed by atoms with Gasteiger partial charge in [0, 0.05) is 5.71 Å². The Hall–Kier alpha value is 0.0200. The summed E-state index contributed by atoms with van der Waals surface area (Å²) in [5, 5.41) is 0. The molecule has 0 heterocycles. The lowest BCUT2D eigenvalue weighted by Crippen LogP contribution is -2.13. The van der Waals surface area contributed by atoms with Crippen LogP contribution in [-0.2, 0) is 0 Å². The fourth-order valence-corrected chi connectivity index (χ4v) is 1.77. The van der Waals surface area contributed by atoms with Crippen LogP contribution < -0.4 is 0 Å². The Morgan fingerprint density at radius 1 is 1.30 bits per heavy atom. The van der Waals surface area contributed by atoms with E-state index in [1.807, 2.05) is 0 Å². The van der Waals surface area contributed by atoms with Gasteiger partial charge < -0.3 is 0 Å². The molecule has 0 aromatic rings. The van der Waals surface area contributed by atoms with Gasteiger partial charge in [0.1, 0.15) is 0 Å². The molecule has 1 rings (SSSR count). The number of rotatable bonds is 1. The van der Waals surface area contributed by atoms with Gasteiger partial charge in [0.05, 0.1) is 0 Å². The molecule has 1 aliphatic carbocycles. The van der Waals surface area contributed by atoms with Crippen molar-refractivity contribution in [1.29, 1.82) is 0 Å². The molecule has 2 heteroatoms. The highest BCUT2D eigenvalue weighted by Crippen LogP contribution is 2.24. The number of nitrogens with zero attached hydrogens (tertiary/aromatic N) is 1. The standard InChI is InChI=1S/C8H15NS/c1-7(9-10)8-5-3-2-4-6-8/h8,10H,2-6H2,1H3.